The van der Waals surface area contributed by atoms with Crippen LogP contribution < -0.4 is 11.1 Å². The number of nitrogens with zero attached hydrogens (tertiary/aromatic N) is 2. The molecule has 2 atom stereocenters. The van der Waals surface area contributed by atoms with Gasteiger partial charge in [-0.1, -0.05) is 0 Å². The Bertz CT molecular complexity index is 419. The summed E-state index contributed by atoms with van der Waals surface area (Å²) < 4.78 is 5.05. The lowest BCUT2D eigenvalue weighted by molar-refractivity contribution is -0.141. The Balaban J connectivity index is 2.59. The van der Waals surface area contributed by atoms with E-state index < -0.39 is 36.5 Å². The van der Waals surface area contributed by atoms with Gasteiger partial charge in [0.15, 0.2) is 6.10 Å². The topological polar surface area (TPSA) is 146 Å². The van der Waals surface area contributed by atoms with E-state index in [1.165, 1.54) is 4.90 Å². The number of carbonyl (C=O) groups excluding carboxylic acids is 2. The lowest BCUT2D eigenvalue weighted by Crippen LogP contribution is -2.53. The second kappa shape index (κ2) is 6.55. The Morgan fingerprint density at radius 3 is 2.79 bits per heavy atom. The average molecular weight is 270 g/mol. The number of hydrogen-bond acceptors (Lipinski definition) is 5. The minimum absolute atomic E-state index is 0.0469. The standard InChI is InChI=1S/C10H14N4O5/c11-4-6-5-14(1-2-19-6)10(18)13-7(9(16)17)3-8(12)15/h6-7H,1-3,5H2,(H2,12,15)(H,13,18)(H,16,17)/t6?,7-/m0/s1. The predicted molar refractivity (Wildman–Crippen MR) is 60.7 cm³/mol. The maximum atomic E-state index is 11.8. The second-order valence-electron chi connectivity index (χ2n) is 3.95. The molecule has 1 heterocycles. The summed E-state index contributed by atoms with van der Waals surface area (Å²) in [5.74, 6) is -2.18. The van der Waals surface area contributed by atoms with Gasteiger partial charge in [0.1, 0.15) is 6.04 Å². The molecule has 9 heteroatoms. The SMILES string of the molecule is N#CC1CN(C(=O)N[C@@H](CC(N)=O)C(=O)O)CCO1. The third kappa shape index (κ3) is 4.44. The number of carbonyl (C=O) groups is 3. The van der Waals surface area contributed by atoms with Gasteiger partial charge in [-0.05, 0) is 0 Å². The molecule has 1 saturated heterocycles. The predicted octanol–water partition coefficient (Wildman–Crippen LogP) is -1.75. The summed E-state index contributed by atoms with van der Waals surface area (Å²) in [6, 6.07) is -0.188. The van der Waals surface area contributed by atoms with E-state index in [4.69, 9.17) is 20.8 Å². The molecule has 0 aromatic carbocycles. The van der Waals surface area contributed by atoms with Crippen LogP contribution in [0.15, 0.2) is 0 Å². The molecule has 0 aliphatic carbocycles. The molecule has 0 saturated carbocycles. The van der Waals surface area contributed by atoms with Crippen LogP contribution in [0.4, 0.5) is 4.79 Å². The van der Waals surface area contributed by atoms with Crippen LogP contribution in [0, 0.1) is 11.3 Å². The molecule has 0 bridgehead atoms. The van der Waals surface area contributed by atoms with Gasteiger partial charge in [-0.25, -0.2) is 9.59 Å². The smallest absolute Gasteiger partial charge is 0.326 e. The summed E-state index contributed by atoms with van der Waals surface area (Å²) >= 11 is 0. The lowest BCUT2D eigenvalue weighted by Gasteiger charge is -2.30. The number of carboxylic acids is 1. The number of carboxylic acid groups (broad SMARTS) is 1. The molecule has 0 aromatic rings. The summed E-state index contributed by atoms with van der Waals surface area (Å²) in [5, 5.41) is 19.7. The summed E-state index contributed by atoms with van der Waals surface area (Å²) in [7, 11) is 0. The van der Waals surface area contributed by atoms with Crippen LogP contribution in [-0.4, -0.2) is 59.8 Å². The van der Waals surface area contributed by atoms with E-state index in [1.54, 1.807) is 0 Å². The summed E-state index contributed by atoms with van der Waals surface area (Å²) in [5.41, 5.74) is 4.90. The monoisotopic (exact) mass is 270 g/mol. The van der Waals surface area contributed by atoms with Gasteiger partial charge in [-0.3, -0.25) is 4.79 Å². The van der Waals surface area contributed by atoms with Gasteiger partial charge in [0, 0.05) is 6.54 Å². The van der Waals surface area contributed by atoms with E-state index in [2.05, 4.69) is 5.32 Å². The number of primary amides is 1. The number of urea groups is 1. The van der Waals surface area contributed by atoms with Crippen molar-refractivity contribution in [2.75, 3.05) is 19.7 Å². The first-order valence-corrected chi connectivity index (χ1v) is 5.51. The maximum Gasteiger partial charge on any atom is 0.326 e. The molecule has 1 unspecified atom stereocenters. The normalized spacial score (nSPS) is 20.2. The van der Waals surface area contributed by atoms with Crippen LogP contribution in [0.3, 0.4) is 0 Å². The molecule has 0 spiro atoms. The molecule has 3 amide bonds. The molecular weight excluding hydrogens is 256 g/mol. The summed E-state index contributed by atoms with van der Waals surface area (Å²) in [6.07, 6.45) is -1.23. The summed E-state index contributed by atoms with van der Waals surface area (Å²) in [4.78, 5) is 34.6. The molecule has 1 fully saturated rings. The number of amides is 3. The number of nitrogens with one attached hydrogen (secondary N) is 1. The fourth-order valence-corrected chi connectivity index (χ4v) is 1.55. The third-order valence-electron chi connectivity index (χ3n) is 2.50. The zero-order chi connectivity index (χ0) is 14.4. The van der Waals surface area contributed by atoms with Crippen LogP contribution in [0.5, 0.6) is 0 Å². The number of morpholine rings is 1. The largest absolute Gasteiger partial charge is 0.480 e. The van der Waals surface area contributed by atoms with Crippen LogP contribution in [-0.2, 0) is 14.3 Å². The van der Waals surface area contributed by atoms with Crippen molar-refractivity contribution in [1.82, 2.24) is 10.2 Å². The van der Waals surface area contributed by atoms with Gasteiger partial charge in [0.25, 0.3) is 0 Å². The highest BCUT2D eigenvalue weighted by molar-refractivity contribution is 5.87. The number of aliphatic carboxylic acids is 1. The molecule has 0 aromatic heterocycles. The number of hydrogen-bond donors (Lipinski definition) is 3. The number of nitriles is 1. The van der Waals surface area contributed by atoms with Crippen LogP contribution in [0.1, 0.15) is 6.42 Å². The minimum atomic E-state index is -1.38. The zero-order valence-corrected chi connectivity index (χ0v) is 10.0. The van der Waals surface area contributed by atoms with Crippen LogP contribution in [0.2, 0.25) is 0 Å². The van der Waals surface area contributed by atoms with Crippen molar-refractivity contribution in [2.24, 2.45) is 5.73 Å². The van der Waals surface area contributed by atoms with E-state index >= 15 is 0 Å². The zero-order valence-electron chi connectivity index (χ0n) is 10.0. The van der Waals surface area contributed by atoms with Gasteiger partial charge in [0.05, 0.1) is 25.6 Å². The van der Waals surface area contributed by atoms with Crippen molar-refractivity contribution < 1.29 is 24.2 Å². The van der Waals surface area contributed by atoms with Gasteiger partial charge >= 0.3 is 12.0 Å². The number of rotatable bonds is 4. The Morgan fingerprint density at radius 2 is 2.26 bits per heavy atom. The number of nitrogens with two attached hydrogens (primary N) is 1. The van der Waals surface area contributed by atoms with E-state index in [0.29, 0.717) is 0 Å². The van der Waals surface area contributed by atoms with Gasteiger partial charge in [-0.15, -0.1) is 0 Å². The highest BCUT2D eigenvalue weighted by Gasteiger charge is 2.28. The molecule has 0 radical (unpaired) electrons. The molecule has 4 N–H and O–H groups in total. The Hall–Kier alpha value is -2.34. The molecule has 104 valence electrons. The molecule has 1 aliphatic rings. The summed E-state index contributed by atoms with van der Waals surface area (Å²) in [6.45, 7) is 0.484. The van der Waals surface area contributed by atoms with Crippen molar-refractivity contribution in [2.45, 2.75) is 18.6 Å². The minimum Gasteiger partial charge on any atom is -0.480 e. The maximum absolute atomic E-state index is 11.8. The van der Waals surface area contributed by atoms with E-state index in [0.717, 1.165) is 0 Å². The lowest BCUT2D eigenvalue weighted by atomic mass is 10.2. The van der Waals surface area contributed by atoms with Crippen LogP contribution >= 0.6 is 0 Å². The van der Waals surface area contributed by atoms with E-state index in [9.17, 15) is 14.4 Å². The van der Waals surface area contributed by atoms with Crippen molar-refractivity contribution >= 4 is 17.9 Å². The quantitative estimate of drug-likeness (QED) is 0.552. The highest BCUT2D eigenvalue weighted by atomic mass is 16.5. The molecule has 9 nitrogen and oxygen atoms in total. The van der Waals surface area contributed by atoms with Crippen molar-refractivity contribution in [3.8, 4) is 6.07 Å². The van der Waals surface area contributed by atoms with Gasteiger partial charge in [-0.2, -0.15) is 5.26 Å². The van der Waals surface area contributed by atoms with E-state index in [-0.39, 0.29) is 19.7 Å². The molecule has 1 rings (SSSR count). The molecule has 19 heavy (non-hydrogen) atoms. The van der Waals surface area contributed by atoms with E-state index in [1.807, 2.05) is 6.07 Å². The first-order chi connectivity index (χ1) is 8.93. The van der Waals surface area contributed by atoms with Crippen molar-refractivity contribution in [3.05, 3.63) is 0 Å². The molecular formula is C10H14N4O5. The third-order valence-corrected chi connectivity index (χ3v) is 2.50. The van der Waals surface area contributed by atoms with Crippen LogP contribution in [0.25, 0.3) is 0 Å². The Morgan fingerprint density at radius 1 is 1.58 bits per heavy atom. The number of ether oxygens (including phenoxy) is 1. The molecule has 1 aliphatic heterocycles. The first-order valence-electron chi connectivity index (χ1n) is 5.51. The van der Waals surface area contributed by atoms with Gasteiger partial charge < -0.3 is 25.8 Å². The second-order valence-corrected chi connectivity index (χ2v) is 3.95. The Labute approximate surface area is 108 Å². The Kier molecular flexibility index (Phi) is 5.08. The highest BCUT2D eigenvalue weighted by Crippen LogP contribution is 2.05. The van der Waals surface area contributed by atoms with Crippen molar-refractivity contribution in [3.63, 3.8) is 0 Å². The average Bonchev–Trinajstić information content (AvgIpc) is 2.37. The van der Waals surface area contributed by atoms with Crippen molar-refractivity contribution in [1.29, 1.82) is 5.26 Å². The fourth-order valence-electron chi connectivity index (χ4n) is 1.55. The first kappa shape index (κ1) is 14.7. The van der Waals surface area contributed by atoms with Gasteiger partial charge in [0.2, 0.25) is 5.91 Å². The fraction of sp³-hybridized carbons (Fsp3) is 0.600.